The molecule has 2 aromatic rings. The van der Waals surface area contributed by atoms with Crippen molar-refractivity contribution in [1.82, 2.24) is 0 Å². The van der Waals surface area contributed by atoms with Crippen LogP contribution in [0.5, 0.6) is 11.5 Å². The molecule has 3 nitrogen and oxygen atoms in total. The van der Waals surface area contributed by atoms with Gasteiger partial charge < -0.3 is 9.47 Å². The lowest BCUT2D eigenvalue weighted by atomic mass is 10.2. The Balaban J connectivity index is 1.83. The van der Waals surface area contributed by atoms with E-state index in [0.29, 0.717) is 16.4 Å². The van der Waals surface area contributed by atoms with Gasteiger partial charge in [0.05, 0.1) is 4.88 Å². The average molecular weight is 339 g/mol. The van der Waals surface area contributed by atoms with Crippen LogP contribution in [0.25, 0.3) is 0 Å². The number of carbonyl (C=O) groups excluding carboxylic acids is 1. The molecule has 1 aromatic carbocycles. The van der Waals surface area contributed by atoms with Crippen LogP contribution in [0, 0.1) is 6.92 Å². The summed E-state index contributed by atoms with van der Waals surface area (Å²) in [4.78, 5) is 14.1. The number of ether oxygens (including phenoxy) is 2. The Morgan fingerprint density at radius 2 is 2.11 bits per heavy atom. The number of fused-ring (bicyclic) bond motifs is 1. The SMILES string of the molecule is Cc1sc(C(=O)C2COc3ccccc3O2)cc1Br. The van der Waals surface area contributed by atoms with E-state index in [4.69, 9.17) is 9.47 Å². The fourth-order valence-electron chi connectivity index (χ4n) is 1.89. The van der Waals surface area contributed by atoms with Gasteiger partial charge in [0.25, 0.3) is 0 Å². The minimum Gasteiger partial charge on any atom is -0.485 e. The van der Waals surface area contributed by atoms with Crippen LogP contribution in [0.3, 0.4) is 0 Å². The van der Waals surface area contributed by atoms with E-state index in [2.05, 4.69) is 15.9 Å². The second-order valence-electron chi connectivity index (χ2n) is 4.24. The molecule has 19 heavy (non-hydrogen) atoms. The molecule has 1 aliphatic rings. The van der Waals surface area contributed by atoms with Crippen LogP contribution in [0.4, 0.5) is 0 Å². The van der Waals surface area contributed by atoms with Crippen molar-refractivity contribution in [2.45, 2.75) is 13.0 Å². The van der Waals surface area contributed by atoms with Crippen LogP contribution < -0.4 is 9.47 Å². The smallest absolute Gasteiger partial charge is 0.216 e. The highest BCUT2D eigenvalue weighted by molar-refractivity contribution is 9.10. The van der Waals surface area contributed by atoms with Crippen molar-refractivity contribution >= 4 is 33.0 Å². The van der Waals surface area contributed by atoms with Gasteiger partial charge >= 0.3 is 0 Å². The highest BCUT2D eigenvalue weighted by atomic mass is 79.9. The van der Waals surface area contributed by atoms with Gasteiger partial charge in [0.15, 0.2) is 17.6 Å². The predicted molar refractivity (Wildman–Crippen MR) is 77.4 cm³/mol. The van der Waals surface area contributed by atoms with Gasteiger partial charge in [0.1, 0.15) is 6.61 Å². The Labute approximate surface area is 123 Å². The largest absolute Gasteiger partial charge is 0.485 e. The minimum absolute atomic E-state index is 0.0340. The Hall–Kier alpha value is -1.33. The fraction of sp³-hybridized carbons (Fsp3) is 0.214. The highest BCUT2D eigenvalue weighted by Gasteiger charge is 2.29. The van der Waals surface area contributed by atoms with Gasteiger partial charge in [-0.1, -0.05) is 12.1 Å². The van der Waals surface area contributed by atoms with E-state index in [1.54, 1.807) is 0 Å². The Morgan fingerprint density at radius 3 is 2.79 bits per heavy atom. The molecule has 5 heteroatoms. The lowest BCUT2D eigenvalue weighted by Gasteiger charge is -2.25. The first-order valence-corrected chi connectivity index (χ1v) is 7.45. The number of rotatable bonds is 2. The number of aryl methyl sites for hydroxylation is 1. The maximum Gasteiger partial charge on any atom is 0.216 e. The van der Waals surface area contributed by atoms with Crippen LogP contribution in [0.1, 0.15) is 14.5 Å². The summed E-state index contributed by atoms with van der Waals surface area (Å²) in [7, 11) is 0. The standard InChI is InChI=1S/C14H11BrO3S/c1-8-9(15)6-13(19-8)14(16)12-7-17-10-4-2-3-5-11(10)18-12/h2-6,12H,7H2,1H3. The third-order valence-corrected chi connectivity index (χ3v) is 5.05. The van der Waals surface area contributed by atoms with Crippen LogP contribution >= 0.6 is 27.3 Å². The lowest BCUT2D eigenvalue weighted by Crippen LogP contribution is -2.36. The number of Topliss-reactive ketones (excluding diaryl/α,β-unsaturated/α-hetero) is 1. The van der Waals surface area contributed by atoms with Gasteiger partial charge in [-0.2, -0.15) is 0 Å². The van der Waals surface area contributed by atoms with E-state index >= 15 is 0 Å². The van der Waals surface area contributed by atoms with Crippen LogP contribution in [-0.2, 0) is 0 Å². The number of para-hydroxylation sites is 2. The molecule has 1 aromatic heterocycles. The van der Waals surface area contributed by atoms with E-state index < -0.39 is 6.10 Å². The van der Waals surface area contributed by atoms with Crippen LogP contribution in [0.15, 0.2) is 34.8 Å². The maximum atomic E-state index is 12.4. The average Bonchev–Trinajstić information content (AvgIpc) is 2.77. The zero-order valence-corrected chi connectivity index (χ0v) is 12.6. The molecule has 0 saturated carbocycles. The summed E-state index contributed by atoms with van der Waals surface area (Å²) in [5.41, 5.74) is 0. The molecule has 1 unspecified atom stereocenters. The lowest BCUT2D eigenvalue weighted by molar-refractivity contribution is 0.0590. The molecule has 0 saturated heterocycles. The zero-order valence-electron chi connectivity index (χ0n) is 10.2. The molecule has 1 aliphatic heterocycles. The third-order valence-electron chi connectivity index (χ3n) is 2.90. The first-order valence-electron chi connectivity index (χ1n) is 5.84. The summed E-state index contributed by atoms with van der Waals surface area (Å²) < 4.78 is 12.2. The molecule has 0 aliphatic carbocycles. The maximum absolute atomic E-state index is 12.4. The van der Waals surface area contributed by atoms with Crippen molar-refractivity contribution < 1.29 is 14.3 Å². The van der Waals surface area contributed by atoms with E-state index in [1.807, 2.05) is 37.3 Å². The summed E-state index contributed by atoms with van der Waals surface area (Å²) in [5.74, 6) is 1.28. The van der Waals surface area contributed by atoms with E-state index in [1.165, 1.54) is 11.3 Å². The molecule has 3 rings (SSSR count). The second kappa shape index (κ2) is 4.98. The van der Waals surface area contributed by atoms with Gasteiger partial charge in [-0.15, -0.1) is 11.3 Å². The van der Waals surface area contributed by atoms with Gasteiger partial charge in [0.2, 0.25) is 5.78 Å². The number of thiophene rings is 1. The second-order valence-corrected chi connectivity index (χ2v) is 6.35. The molecule has 0 N–H and O–H groups in total. The molecule has 0 amide bonds. The normalized spacial score (nSPS) is 17.3. The molecule has 1 atom stereocenters. The van der Waals surface area contributed by atoms with Crippen molar-refractivity contribution in [2.24, 2.45) is 0 Å². The third kappa shape index (κ3) is 2.40. The van der Waals surface area contributed by atoms with Crippen molar-refractivity contribution in [1.29, 1.82) is 0 Å². The summed E-state index contributed by atoms with van der Waals surface area (Å²) >= 11 is 4.89. The molecule has 0 radical (unpaired) electrons. The van der Waals surface area contributed by atoms with Crippen LogP contribution in [0.2, 0.25) is 0 Å². The number of hydrogen-bond donors (Lipinski definition) is 0. The van der Waals surface area contributed by atoms with E-state index in [0.717, 1.165) is 9.35 Å². The zero-order chi connectivity index (χ0) is 13.4. The number of benzene rings is 1. The monoisotopic (exact) mass is 338 g/mol. The Bertz CT molecular complexity index is 616. The summed E-state index contributed by atoms with van der Waals surface area (Å²) in [6, 6.07) is 9.23. The number of halogens is 1. The number of carbonyl (C=O) groups is 1. The molecule has 2 heterocycles. The highest BCUT2D eigenvalue weighted by Crippen LogP contribution is 2.33. The quantitative estimate of drug-likeness (QED) is 0.780. The Kier molecular flexibility index (Phi) is 3.33. The molecule has 0 bridgehead atoms. The first-order chi connectivity index (χ1) is 9.15. The van der Waals surface area contributed by atoms with E-state index in [-0.39, 0.29) is 12.4 Å². The molecule has 0 spiro atoms. The van der Waals surface area contributed by atoms with Crippen molar-refractivity contribution in [2.75, 3.05) is 6.61 Å². The van der Waals surface area contributed by atoms with Gasteiger partial charge in [-0.25, -0.2) is 0 Å². The summed E-state index contributed by atoms with van der Waals surface area (Å²) in [6.07, 6.45) is -0.570. The van der Waals surface area contributed by atoms with Gasteiger partial charge in [-0.05, 0) is 41.1 Å². The van der Waals surface area contributed by atoms with Gasteiger partial charge in [-0.3, -0.25) is 4.79 Å². The van der Waals surface area contributed by atoms with E-state index in [9.17, 15) is 4.79 Å². The van der Waals surface area contributed by atoms with Crippen molar-refractivity contribution in [3.05, 3.63) is 44.6 Å². The fourth-order valence-corrected chi connectivity index (χ4v) is 3.41. The summed E-state index contributed by atoms with van der Waals surface area (Å²) in [5, 5.41) is 0. The number of ketones is 1. The predicted octanol–water partition coefficient (Wildman–Crippen LogP) is 3.84. The van der Waals surface area contributed by atoms with Crippen molar-refractivity contribution in [3.8, 4) is 11.5 Å². The molecular formula is C14H11BrO3S. The first kappa shape index (κ1) is 12.7. The summed E-state index contributed by atoms with van der Waals surface area (Å²) in [6.45, 7) is 2.23. The topological polar surface area (TPSA) is 35.5 Å². The molecular weight excluding hydrogens is 328 g/mol. The Morgan fingerprint density at radius 1 is 1.37 bits per heavy atom. The molecule has 98 valence electrons. The molecule has 0 fully saturated rings. The minimum atomic E-state index is -0.570. The van der Waals surface area contributed by atoms with Crippen LogP contribution in [-0.4, -0.2) is 18.5 Å². The van der Waals surface area contributed by atoms with Crippen molar-refractivity contribution in [3.63, 3.8) is 0 Å². The van der Waals surface area contributed by atoms with Gasteiger partial charge in [0, 0.05) is 9.35 Å². The number of hydrogen-bond acceptors (Lipinski definition) is 4.